The van der Waals surface area contributed by atoms with E-state index in [-0.39, 0.29) is 11.5 Å². The quantitative estimate of drug-likeness (QED) is 0.534. The lowest BCUT2D eigenvalue weighted by Gasteiger charge is -2.41. The van der Waals surface area contributed by atoms with E-state index < -0.39 is 0 Å². The van der Waals surface area contributed by atoms with Crippen molar-refractivity contribution < 1.29 is 4.79 Å². The molecule has 4 rings (SSSR count). The smallest absolute Gasteiger partial charge is 0.261 e. The molecule has 6 heteroatoms. The predicted molar refractivity (Wildman–Crippen MR) is 118 cm³/mol. The molecule has 2 aliphatic carbocycles. The zero-order valence-corrected chi connectivity index (χ0v) is 18.1. The molecule has 1 aromatic heterocycles. The van der Waals surface area contributed by atoms with Crippen molar-refractivity contribution >= 4 is 28.6 Å². The second kappa shape index (κ2) is 9.33. The molecule has 0 aliphatic heterocycles. The molecule has 2 saturated carbocycles. The van der Waals surface area contributed by atoms with E-state index in [0.29, 0.717) is 33.9 Å². The molecule has 2 aromatic rings. The maximum atomic E-state index is 13.4. The molecule has 0 bridgehead atoms. The molecule has 0 saturated heterocycles. The fourth-order valence-electron chi connectivity index (χ4n) is 4.95. The average molecular weight is 414 g/mol. The molecule has 1 heterocycles. The van der Waals surface area contributed by atoms with Crippen molar-refractivity contribution in [1.82, 2.24) is 14.5 Å². The molecular weight excluding hydrogens is 382 g/mol. The van der Waals surface area contributed by atoms with Crippen LogP contribution < -0.4 is 5.56 Å². The topological polar surface area (TPSA) is 55.2 Å². The lowest BCUT2D eigenvalue weighted by Crippen LogP contribution is -2.49. The van der Waals surface area contributed by atoms with E-state index in [1.54, 1.807) is 17.7 Å². The van der Waals surface area contributed by atoms with Crippen LogP contribution in [0.1, 0.15) is 64.2 Å². The summed E-state index contributed by atoms with van der Waals surface area (Å²) in [7, 11) is 1.74. The van der Waals surface area contributed by atoms with Gasteiger partial charge in [-0.1, -0.05) is 62.4 Å². The summed E-state index contributed by atoms with van der Waals surface area (Å²) < 4.78 is 1.58. The number of carbonyl (C=O) groups is 1. The molecule has 1 aromatic carbocycles. The Morgan fingerprint density at radius 1 is 1.03 bits per heavy atom. The fourth-order valence-corrected chi connectivity index (χ4v) is 5.79. The molecule has 0 N–H and O–H groups in total. The second-order valence-electron chi connectivity index (χ2n) is 8.45. The largest absolute Gasteiger partial charge is 0.336 e. The van der Waals surface area contributed by atoms with Gasteiger partial charge < -0.3 is 4.90 Å². The Bertz CT molecular complexity index is 896. The number of thioether (sulfide) groups is 1. The molecule has 29 heavy (non-hydrogen) atoms. The van der Waals surface area contributed by atoms with Crippen LogP contribution in [0.2, 0.25) is 0 Å². The number of carbonyl (C=O) groups excluding carboxylic acids is 1. The molecule has 0 atom stereocenters. The maximum absolute atomic E-state index is 13.4. The van der Waals surface area contributed by atoms with Crippen LogP contribution in [-0.2, 0) is 11.8 Å². The first-order valence-corrected chi connectivity index (χ1v) is 12.0. The Balaban J connectivity index is 1.52. The van der Waals surface area contributed by atoms with E-state index in [1.807, 2.05) is 18.2 Å². The molecule has 0 unspecified atom stereocenters. The molecule has 5 nitrogen and oxygen atoms in total. The van der Waals surface area contributed by atoms with Crippen LogP contribution >= 0.6 is 11.8 Å². The molecule has 156 valence electrons. The average Bonchev–Trinajstić information content (AvgIpc) is 2.77. The zero-order chi connectivity index (χ0) is 20.2. The number of hydrogen-bond acceptors (Lipinski definition) is 4. The first-order chi connectivity index (χ1) is 14.1. The van der Waals surface area contributed by atoms with Gasteiger partial charge in [0.05, 0.1) is 16.7 Å². The van der Waals surface area contributed by atoms with Gasteiger partial charge in [0.1, 0.15) is 0 Å². The van der Waals surface area contributed by atoms with Crippen molar-refractivity contribution in [3.63, 3.8) is 0 Å². The predicted octanol–water partition coefficient (Wildman–Crippen LogP) is 4.52. The third kappa shape index (κ3) is 4.52. The van der Waals surface area contributed by atoms with Gasteiger partial charge >= 0.3 is 0 Å². The highest BCUT2D eigenvalue weighted by Crippen LogP contribution is 2.31. The highest BCUT2D eigenvalue weighted by Gasteiger charge is 2.32. The van der Waals surface area contributed by atoms with Gasteiger partial charge in [-0.2, -0.15) is 0 Å². The highest BCUT2D eigenvalue weighted by molar-refractivity contribution is 7.99. The van der Waals surface area contributed by atoms with E-state index >= 15 is 0 Å². The normalized spacial score (nSPS) is 18.8. The minimum Gasteiger partial charge on any atom is -0.336 e. The van der Waals surface area contributed by atoms with Crippen molar-refractivity contribution in [1.29, 1.82) is 0 Å². The Morgan fingerprint density at radius 2 is 1.62 bits per heavy atom. The molecule has 0 radical (unpaired) electrons. The summed E-state index contributed by atoms with van der Waals surface area (Å²) in [5.74, 6) is 0.572. The van der Waals surface area contributed by atoms with Gasteiger partial charge in [-0.25, -0.2) is 4.98 Å². The Kier molecular flexibility index (Phi) is 6.58. The van der Waals surface area contributed by atoms with E-state index in [9.17, 15) is 9.59 Å². The van der Waals surface area contributed by atoms with Gasteiger partial charge in [-0.3, -0.25) is 14.2 Å². The lowest BCUT2D eigenvalue weighted by atomic mass is 9.88. The molecule has 1 amide bonds. The van der Waals surface area contributed by atoms with Gasteiger partial charge in [-0.05, 0) is 37.8 Å². The Hall–Kier alpha value is -1.82. The maximum Gasteiger partial charge on any atom is 0.261 e. The number of amides is 1. The summed E-state index contributed by atoms with van der Waals surface area (Å²) in [4.78, 5) is 32.9. The third-order valence-corrected chi connectivity index (χ3v) is 7.51. The second-order valence-corrected chi connectivity index (χ2v) is 9.39. The van der Waals surface area contributed by atoms with Gasteiger partial charge in [0.25, 0.3) is 5.56 Å². The molecule has 2 aliphatic rings. The van der Waals surface area contributed by atoms with Crippen LogP contribution in [0.4, 0.5) is 0 Å². The standard InChI is InChI=1S/C23H31N3O2S/c1-25-22(28)19-14-8-9-15-20(19)24-23(25)29-16-21(27)26(17-10-4-2-5-11-17)18-12-6-3-7-13-18/h8-9,14-15,17-18H,2-7,10-13,16H2,1H3. The Morgan fingerprint density at radius 3 is 2.24 bits per heavy atom. The van der Waals surface area contributed by atoms with Gasteiger partial charge in [0, 0.05) is 19.1 Å². The van der Waals surface area contributed by atoms with Crippen molar-refractivity contribution in [2.24, 2.45) is 7.05 Å². The van der Waals surface area contributed by atoms with Crippen molar-refractivity contribution in [2.45, 2.75) is 81.4 Å². The van der Waals surface area contributed by atoms with E-state index in [0.717, 1.165) is 25.7 Å². The van der Waals surface area contributed by atoms with E-state index in [1.165, 1.54) is 50.3 Å². The minimum absolute atomic E-state index is 0.0537. The van der Waals surface area contributed by atoms with Crippen LogP contribution in [-0.4, -0.2) is 38.2 Å². The van der Waals surface area contributed by atoms with Crippen LogP contribution in [0.25, 0.3) is 10.9 Å². The minimum atomic E-state index is -0.0537. The number of rotatable bonds is 5. The third-order valence-electron chi connectivity index (χ3n) is 6.49. The van der Waals surface area contributed by atoms with Crippen molar-refractivity contribution in [2.75, 3.05) is 5.75 Å². The zero-order valence-electron chi connectivity index (χ0n) is 17.3. The number of hydrogen-bond donors (Lipinski definition) is 0. The van der Waals surface area contributed by atoms with Crippen LogP contribution in [0, 0.1) is 0 Å². The van der Waals surface area contributed by atoms with Crippen molar-refractivity contribution in [3.8, 4) is 0 Å². The molecule has 0 spiro atoms. The summed E-state index contributed by atoms with van der Waals surface area (Å²) in [6.45, 7) is 0. The van der Waals surface area contributed by atoms with Gasteiger partial charge in [-0.15, -0.1) is 0 Å². The first kappa shape index (κ1) is 20.5. The summed E-state index contributed by atoms with van der Waals surface area (Å²) in [6, 6.07) is 8.20. The number of nitrogens with zero attached hydrogens (tertiary/aromatic N) is 3. The molecular formula is C23H31N3O2S. The monoisotopic (exact) mass is 413 g/mol. The van der Waals surface area contributed by atoms with Gasteiger partial charge in [0.15, 0.2) is 5.16 Å². The van der Waals surface area contributed by atoms with Crippen molar-refractivity contribution in [3.05, 3.63) is 34.6 Å². The fraction of sp³-hybridized carbons (Fsp3) is 0.609. The van der Waals surface area contributed by atoms with Gasteiger partial charge in [0.2, 0.25) is 5.91 Å². The highest BCUT2D eigenvalue weighted by atomic mass is 32.2. The number of para-hydroxylation sites is 1. The van der Waals surface area contributed by atoms with E-state index in [2.05, 4.69) is 9.88 Å². The first-order valence-electron chi connectivity index (χ1n) is 11.0. The van der Waals surface area contributed by atoms with Crippen LogP contribution in [0.3, 0.4) is 0 Å². The van der Waals surface area contributed by atoms with E-state index in [4.69, 9.17) is 0 Å². The lowest BCUT2D eigenvalue weighted by molar-refractivity contribution is -0.135. The SMILES string of the molecule is Cn1c(SCC(=O)N(C2CCCCC2)C2CCCCC2)nc2ccccc2c1=O. The summed E-state index contributed by atoms with van der Waals surface area (Å²) in [5.41, 5.74) is 0.643. The summed E-state index contributed by atoms with van der Waals surface area (Å²) in [6.07, 6.45) is 12.1. The summed E-state index contributed by atoms with van der Waals surface area (Å²) >= 11 is 1.40. The number of fused-ring (bicyclic) bond motifs is 1. The number of aromatic nitrogens is 2. The molecule has 2 fully saturated rings. The summed E-state index contributed by atoms with van der Waals surface area (Å²) in [5, 5.41) is 1.24. The van der Waals surface area contributed by atoms with Crippen LogP contribution in [0.5, 0.6) is 0 Å². The van der Waals surface area contributed by atoms with Crippen LogP contribution in [0.15, 0.2) is 34.2 Å². The number of benzene rings is 1. The Labute approximate surface area is 176 Å².